The fraction of sp³-hybridized carbons (Fsp3) is 0.312. The molecular weight excluding hydrogens is 284 g/mol. The Hall–Kier alpha value is -1.94. The van der Waals surface area contributed by atoms with Crippen molar-refractivity contribution in [1.82, 2.24) is 5.32 Å². The van der Waals surface area contributed by atoms with E-state index >= 15 is 0 Å². The van der Waals surface area contributed by atoms with Gasteiger partial charge in [0.1, 0.15) is 5.71 Å². The molecule has 0 spiro atoms. The average Bonchev–Trinajstić information content (AvgIpc) is 2.50. The lowest BCUT2D eigenvalue weighted by Crippen LogP contribution is -2.25. The van der Waals surface area contributed by atoms with E-state index in [1.165, 1.54) is 11.1 Å². The summed E-state index contributed by atoms with van der Waals surface area (Å²) in [6, 6.07) is 8.51. The lowest BCUT2D eigenvalue weighted by atomic mass is 10.0. The van der Waals surface area contributed by atoms with Crippen LogP contribution < -0.4 is 5.32 Å². The third-order valence-corrected chi connectivity index (χ3v) is 3.73. The average molecular weight is 303 g/mol. The summed E-state index contributed by atoms with van der Waals surface area (Å²) in [5, 5.41) is 19.2. The summed E-state index contributed by atoms with van der Waals surface area (Å²) in [6.07, 6.45) is 1.04. The molecule has 0 amide bonds. The van der Waals surface area contributed by atoms with E-state index in [1.54, 1.807) is 0 Å². The Morgan fingerprint density at radius 2 is 1.81 bits per heavy atom. The first-order chi connectivity index (χ1) is 10.0. The Balaban J connectivity index is 2.11. The minimum Gasteiger partial charge on any atom is -0.384 e. The summed E-state index contributed by atoms with van der Waals surface area (Å²) in [7, 11) is 0. The number of hydrogen-bond donors (Lipinski definition) is 2. The third-order valence-electron chi connectivity index (χ3n) is 3.47. The standard InChI is InChI=1S/C16H19ClN4/c1-4-12-5-7-13(8-6-12)9-19-10(2)14-11(3)20-21-16(17)15(14)18/h5-8,18-19H,4,9H2,1-3H3/b14-10-,18-15?. The molecule has 0 unspecified atom stereocenters. The number of allylic oxidation sites excluding steroid dienone is 2. The Kier molecular flexibility index (Phi) is 4.91. The van der Waals surface area contributed by atoms with Gasteiger partial charge in [-0.15, -0.1) is 5.10 Å². The summed E-state index contributed by atoms with van der Waals surface area (Å²) in [5.41, 5.74) is 5.05. The SMILES string of the molecule is CCc1ccc(CN/C(C)=C2\C(=N)C(Cl)=NN=C2C)cc1. The van der Waals surface area contributed by atoms with Gasteiger partial charge in [-0.1, -0.05) is 42.8 Å². The van der Waals surface area contributed by atoms with Crippen LogP contribution in [0.2, 0.25) is 0 Å². The lowest BCUT2D eigenvalue weighted by molar-refractivity contribution is 0.808. The van der Waals surface area contributed by atoms with Gasteiger partial charge in [-0.3, -0.25) is 5.41 Å². The largest absolute Gasteiger partial charge is 0.384 e. The Bertz CT molecular complexity index is 635. The van der Waals surface area contributed by atoms with Gasteiger partial charge in [0.2, 0.25) is 0 Å². The zero-order chi connectivity index (χ0) is 15.4. The molecule has 0 saturated heterocycles. The minimum atomic E-state index is 0.129. The van der Waals surface area contributed by atoms with Crippen LogP contribution in [0.15, 0.2) is 45.7 Å². The van der Waals surface area contributed by atoms with Crippen LogP contribution >= 0.6 is 11.6 Å². The summed E-state index contributed by atoms with van der Waals surface area (Å²) in [6.45, 7) is 6.61. The number of aryl methyl sites for hydroxylation is 1. The molecule has 1 heterocycles. The molecule has 0 fully saturated rings. The molecule has 5 heteroatoms. The molecule has 0 atom stereocenters. The second-order valence-electron chi connectivity index (χ2n) is 4.97. The van der Waals surface area contributed by atoms with Gasteiger partial charge in [-0.25, -0.2) is 0 Å². The van der Waals surface area contributed by atoms with E-state index in [9.17, 15) is 0 Å². The van der Waals surface area contributed by atoms with Crippen molar-refractivity contribution in [2.24, 2.45) is 10.2 Å². The molecule has 21 heavy (non-hydrogen) atoms. The van der Waals surface area contributed by atoms with E-state index in [1.807, 2.05) is 13.8 Å². The summed E-state index contributed by atoms with van der Waals surface area (Å²) in [5.74, 6) is 0. The van der Waals surface area contributed by atoms with Crippen molar-refractivity contribution in [2.45, 2.75) is 33.7 Å². The molecular formula is C16H19ClN4. The van der Waals surface area contributed by atoms with Gasteiger partial charge in [0.15, 0.2) is 5.17 Å². The Morgan fingerprint density at radius 1 is 1.19 bits per heavy atom. The Labute approximate surface area is 130 Å². The highest BCUT2D eigenvalue weighted by Crippen LogP contribution is 2.15. The molecule has 110 valence electrons. The minimum absolute atomic E-state index is 0.129. The number of nitrogens with zero attached hydrogens (tertiary/aromatic N) is 2. The van der Waals surface area contributed by atoms with E-state index < -0.39 is 0 Å². The fourth-order valence-electron chi connectivity index (χ4n) is 2.18. The first kappa shape index (κ1) is 15.4. The highest BCUT2D eigenvalue weighted by molar-refractivity contribution is 6.87. The van der Waals surface area contributed by atoms with Gasteiger partial charge in [0, 0.05) is 17.8 Å². The quantitative estimate of drug-likeness (QED) is 0.876. The van der Waals surface area contributed by atoms with Crippen molar-refractivity contribution in [3.63, 3.8) is 0 Å². The summed E-state index contributed by atoms with van der Waals surface area (Å²) < 4.78 is 0. The van der Waals surface area contributed by atoms with Gasteiger partial charge in [-0.2, -0.15) is 5.10 Å². The number of rotatable bonds is 4. The topological polar surface area (TPSA) is 60.6 Å². The summed E-state index contributed by atoms with van der Waals surface area (Å²) in [4.78, 5) is 0. The monoisotopic (exact) mass is 302 g/mol. The molecule has 0 aliphatic carbocycles. The predicted octanol–water partition coefficient (Wildman–Crippen LogP) is 3.66. The second-order valence-corrected chi connectivity index (χ2v) is 5.33. The molecule has 2 N–H and O–H groups in total. The van der Waals surface area contributed by atoms with E-state index in [-0.39, 0.29) is 10.9 Å². The molecule has 0 bridgehead atoms. The van der Waals surface area contributed by atoms with Crippen LogP contribution in [0.1, 0.15) is 31.9 Å². The molecule has 1 aromatic carbocycles. The first-order valence-corrected chi connectivity index (χ1v) is 7.30. The van der Waals surface area contributed by atoms with Crippen molar-refractivity contribution in [2.75, 3.05) is 0 Å². The smallest absolute Gasteiger partial charge is 0.177 e. The number of nitrogens with one attached hydrogen (secondary N) is 2. The van der Waals surface area contributed by atoms with E-state index in [0.29, 0.717) is 12.3 Å². The maximum absolute atomic E-state index is 8.01. The molecule has 2 rings (SSSR count). The molecule has 0 radical (unpaired) electrons. The van der Waals surface area contributed by atoms with Crippen LogP contribution in [0.25, 0.3) is 0 Å². The van der Waals surface area contributed by atoms with Gasteiger partial charge in [0.05, 0.1) is 5.71 Å². The predicted molar refractivity (Wildman–Crippen MR) is 89.5 cm³/mol. The first-order valence-electron chi connectivity index (χ1n) is 6.93. The normalized spacial score (nSPS) is 17.2. The highest BCUT2D eigenvalue weighted by atomic mass is 35.5. The molecule has 1 aliphatic heterocycles. The van der Waals surface area contributed by atoms with Crippen molar-refractivity contribution in [3.8, 4) is 0 Å². The Morgan fingerprint density at radius 3 is 2.43 bits per heavy atom. The third kappa shape index (κ3) is 3.58. The van der Waals surface area contributed by atoms with Crippen LogP contribution in [0.5, 0.6) is 0 Å². The van der Waals surface area contributed by atoms with E-state index in [0.717, 1.165) is 17.7 Å². The summed E-state index contributed by atoms with van der Waals surface area (Å²) >= 11 is 5.88. The van der Waals surface area contributed by atoms with Crippen LogP contribution in [0, 0.1) is 5.41 Å². The van der Waals surface area contributed by atoms with Gasteiger partial charge >= 0.3 is 0 Å². The van der Waals surface area contributed by atoms with Gasteiger partial charge < -0.3 is 5.32 Å². The van der Waals surface area contributed by atoms with Crippen LogP contribution in [0.3, 0.4) is 0 Å². The van der Waals surface area contributed by atoms with Crippen molar-refractivity contribution >= 4 is 28.2 Å². The van der Waals surface area contributed by atoms with Gasteiger partial charge in [0.25, 0.3) is 0 Å². The maximum Gasteiger partial charge on any atom is 0.177 e. The van der Waals surface area contributed by atoms with Crippen molar-refractivity contribution in [1.29, 1.82) is 5.41 Å². The van der Waals surface area contributed by atoms with Crippen molar-refractivity contribution < 1.29 is 0 Å². The zero-order valence-corrected chi connectivity index (χ0v) is 13.3. The molecule has 1 aromatic rings. The second kappa shape index (κ2) is 6.68. The van der Waals surface area contributed by atoms with Crippen LogP contribution in [0.4, 0.5) is 0 Å². The molecule has 0 aromatic heterocycles. The molecule has 4 nitrogen and oxygen atoms in total. The van der Waals surface area contributed by atoms with Crippen LogP contribution in [-0.2, 0) is 13.0 Å². The lowest BCUT2D eigenvalue weighted by Gasteiger charge is -2.16. The van der Waals surface area contributed by atoms with E-state index in [2.05, 4.69) is 46.7 Å². The number of hydrogen-bond acceptors (Lipinski definition) is 4. The number of benzene rings is 1. The van der Waals surface area contributed by atoms with Gasteiger partial charge in [-0.05, 0) is 31.4 Å². The number of halogens is 1. The molecule has 1 aliphatic rings. The van der Waals surface area contributed by atoms with Crippen molar-refractivity contribution in [3.05, 3.63) is 46.7 Å². The fourth-order valence-corrected chi connectivity index (χ4v) is 2.31. The molecule has 0 saturated carbocycles. The highest BCUT2D eigenvalue weighted by Gasteiger charge is 2.20. The van der Waals surface area contributed by atoms with E-state index in [4.69, 9.17) is 17.0 Å². The zero-order valence-electron chi connectivity index (χ0n) is 12.5. The van der Waals surface area contributed by atoms with Crippen LogP contribution in [-0.4, -0.2) is 16.6 Å². The maximum atomic E-state index is 8.01.